The van der Waals surface area contributed by atoms with Crippen molar-refractivity contribution in [3.05, 3.63) is 66.6 Å². The van der Waals surface area contributed by atoms with Crippen LogP contribution < -0.4 is 4.74 Å². The number of hydrogen-bond acceptors (Lipinski definition) is 6. The van der Waals surface area contributed by atoms with Gasteiger partial charge in [-0.25, -0.2) is 22.5 Å². The number of rotatable bonds is 5. The molecule has 0 radical (unpaired) electrons. The van der Waals surface area contributed by atoms with Crippen LogP contribution in [0.2, 0.25) is 0 Å². The van der Waals surface area contributed by atoms with Gasteiger partial charge in [-0.1, -0.05) is 6.07 Å². The molecule has 33 heavy (non-hydrogen) atoms. The molecule has 0 spiro atoms. The highest BCUT2D eigenvalue weighted by Gasteiger charge is 2.35. The number of methoxy groups -OCH3 is 1. The highest BCUT2D eigenvalue weighted by Crippen LogP contribution is 2.37. The van der Waals surface area contributed by atoms with Gasteiger partial charge in [-0.05, 0) is 30.3 Å². The lowest BCUT2D eigenvalue weighted by Gasteiger charge is -2.12. The minimum absolute atomic E-state index is 0.0150. The van der Waals surface area contributed by atoms with Gasteiger partial charge >= 0.3 is 6.18 Å². The van der Waals surface area contributed by atoms with Crippen LogP contribution in [-0.2, 0) is 16.0 Å². The first-order valence-corrected chi connectivity index (χ1v) is 11.1. The number of nitrogens with zero attached hydrogens (tertiary/aromatic N) is 3. The summed E-state index contributed by atoms with van der Waals surface area (Å²) in [5, 5.41) is 3.60. The van der Waals surface area contributed by atoms with Gasteiger partial charge in [0.25, 0.3) is 0 Å². The Morgan fingerprint density at radius 2 is 1.85 bits per heavy atom. The average Bonchev–Trinajstić information content (AvgIpc) is 3.42. The Kier molecular flexibility index (Phi) is 5.48. The van der Waals surface area contributed by atoms with E-state index in [1.807, 2.05) is 0 Å². The van der Waals surface area contributed by atoms with Crippen LogP contribution in [0.15, 0.2) is 64.4 Å². The Hall–Kier alpha value is -3.67. The summed E-state index contributed by atoms with van der Waals surface area (Å²) in [5.74, 6) is -0.801. The molecular weight excluding hydrogens is 466 g/mol. The molecule has 0 bridgehead atoms. The van der Waals surface area contributed by atoms with Crippen molar-refractivity contribution in [3.63, 3.8) is 0 Å². The maximum Gasteiger partial charge on any atom is 0.435 e. The lowest BCUT2D eigenvalue weighted by Crippen LogP contribution is -2.08. The zero-order valence-electron chi connectivity index (χ0n) is 17.1. The summed E-state index contributed by atoms with van der Waals surface area (Å²) in [5.41, 5.74) is -0.0231. The normalized spacial score (nSPS) is 12.2. The molecule has 0 fully saturated rings. The van der Waals surface area contributed by atoms with Crippen molar-refractivity contribution in [3.8, 4) is 34.0 Å². The summed E-state index contributed by atoms with van der Waals surface area (Å²) < 4.78 is 89.4. The predicted octanol–water partition coefficient (Wildman–Crippen LogP) is 4.76. The van der Waals surface area contributed by atoms with Gasteiger partial charge in [0.05, 0.1) is 18.5 Å². The summed E-state index contributed by atoms with van der Waals surface area (Å²) in [4.78, 5) is 3.46. The molecule has 0 unspecified atom stereocenters. The number of alkyl halides is 3. The predicted molar refractivity (Wildman–Crippen MR) is 109 cm³/mol. The van der Waals surface area contributed by atoms with E-state index < -0.39 is 32.4 Å². The molecule has 0 N–H and O–H groups in total. The molecule has 0 amide bonds. The Bertz CT molecular complexity index is 1430. The zero-order valence-corrected chi connectivity index (χ0v) is 17.9. The fourth-order valence-corrected chi connectivity index (χ4v) is 3.98. The smallest absolute Gasteiger partial charge is 0.435 e. The molecule has 2 heterocycles. The van der Waals surface area contributed by atoms with E-state index in [0.29, 0.717) is 17.0 Å². The molecule has 4 aromatic rings. The molecule has 0 saturated heterocycles. The minimum Gasteiger partial charge on any atom is -0.496 e. The van der Waals surface area contributed by atoms with Gasteiger partial charge in [0.1, 0.15) is 28.4 Å². The molecular formula is C21H15F4N3O4S. The summed E-state index contributed by atoms with van der Waals surface area (Å²) >= 11 is 0. The maximum absolute atomic E-state index is 14.5. The molecule has 2 aromatic heterocycles. The van der Waals surface area contributed by atoms with Crippen molar-refractivity contribution in [2.75, 3.05) is 13.4 Å². The maximum atomic E-state index is 14.5. The topological polar surface area (TPSA) is 87.2 Å². The zero-order chi connectivity index (χ0) is 24.0. The van der Waals surface area contributed by atoms with Crippen molar-refractivity contribution in [1.29, 1.82) is 0 Å². The molecule has 2 aromatic carbocycles. The number of hydrogen-bond donors (Lipinski definition) is 0. The minimum atomic E-state index is -4.77. The molecule has 12 heteroatoms. The van der Waals surface area contributed by atoms with Gasteiger partial charge in [0.15, 0.2) is 21.9 Å². The highest BCUT2D eigenvalue weighted by atomic mass is 32.2. The first kappa shape index (κ1) is 22.5. The Balaban J connectivity index is 1.90. The first-order valence-electron chi connectivity index (χ1n) is 9.23. The second-order valence-corrected chi connectivity index (χ2v) is 8.98. The van der Waals surface area contributed by atoms with E-state index in [0.717, 1.165) is 29.1 Å². The van der Waals surface area contributed by atoms with Crippen LogP contribution in [0.4, 0.5) is 17.6 Å². The van der Waals surface area contributed by atoms with E-state index in [1.165, 1.54) is 38.0 Å². The Labute approximate surface area is 185 Å². The summed E-state index contributed by atoms with van der Waals surface area (Å²) in [6.45, 7) is 0. The van der Waals surface area contributed by atoms with Gasteiger partial charge in [-0.3, -0.25) is 0 Å². The lowest BCUT2D eigenvalue weighted by atomic mass is 10.1. The van der Waals surface area contributed by atoms with Crippen LogP contribution in [0, 0.1) is 5.82 Å². The SMILES string of the molecule is COc1cc(-c2cc(C(F)(F)F)nn2-c2ccc(S(C)(=O)=O)c(F)c2)ccc1-c1cocn1. The van der Waals surface area contributed by atoms with E-state index in [1.54, 1.807) is 6.07 Å². The van der Waals surface area contributed by atoms with Crippen molar-refractivity contribution in [2.24, 2.45) is 0 Å². The number of oxazole rings is 1. The third kappa shape index (κ3) is 4.33. The standard InChI is InChI=1S/C21H15F4N3O4S/c1-31-18-7-12(3-5-14(18)16-10-32-11-26-16)17-9-20(21(23,24)25)27-28(17)13-4-6-19(15(22)8-13)33(2,29)30/h3-11H,1-2H3. The molecule has 4 rings (SSSR count). The van der Waals surface area contributed by atoms with Crippen LogP contribution in [-0.4, -0.2) is 36.5 Å². The molecule has 7 nitrogen and oxygen atoms in total. The quantitative estimate of drug-likeness (QED) is 0.382. The van der Waals surface area contributed by atoms with Crippen LogP contribution in [0.25, 0.3) is 28.2 Å². The number of ether oxygens (including phenoxy) is 1. The molecule has 0 atom stereocenters. The lowest BCUT2D eigenvalue weighted by molar-refractivity contribution is -0.141. The monoisotopic (exact) mass is 481 g/mol. The van der Waals surface area contributed by atoms with Crippen molar-refractivity contribution < 1.29 is 35.1 Å². The second-order valence-electron chi connectivity index (χ2n) is 7.00. The third-order valence-corrected chi connectivity index (χ3v) is 5.89. The summed E-state index contributed by atoms with van der Waals surface area (Å²) in [7, 11) is -2.47. The van der Waals surface area contributed by atoms with E-state index in [4.69, 9.17) is 9.15 Å². The molecule has 0 saturated carbocycles. The number of sulfone groups is 1. The molecule has 0 aliphatic carbocycles. The summed E-state index contributed by atoms with van der Waals surface area (Å²) in [6.07, 6.45) is -1.33. The van der Waals surface area contributed by atoms with E-state index in [9.17, 15) is 26.0 Å². The van der Waals surface area contributed by atoms with E-state index >= 15 is 0 Å². The van der Waals surface area contributed by atoms with Crippen LogP contribution in [0.5, 0.6) is 5.75 Å². The Morgan fingerprint density at radius 3 is 2.42 bits per heavy atom. The average molecular weight is 481 g/mol. The van der Waals surface area contributed by atoms with Crippen LogP contribution in [0.1, 0.15) is 5.69 Å². The first-order chi connectivity index (χ1) is 15.5. The number of aromatic nitrogens is 3. The van der Waals surface area contributed by atoms with Crippen molar-refractivity contribution >= 4 is 9.84 Å². The van der Waals surface area contributed by atoms with Gasteiger partial charge in [-0.15, -0.1) is 0 Å². The molecule has 172 valence electrons. The molecule has 0 aliphatic rings. The molecule has 0 aliphatic heterocycles. The highest BCUT2D eigenvalue weighted by molar-refractivity contribution is 7.90. The fourth-order valence-electron chi connectivity index (χ4n) is 3.25. The Morgan fingerprint density at radius 1 is 1.09 bits per heavy atom. The van der Waals surface area contributed by atoms with Crippen LogP contribution in [0.3, 0.4) is 0 Å². The third-order valence-electron chi connectivity index (χ3n) is 4.76. The van der Waals surface area contributed by atoms with Crippen molar-refractivity contribution in [2.45, 2.75) is 11.1 Å². The second kappa shape index (κ2) is 8.03. The fraction of sp³-hybridized carbons (Fsp3) is 0.143. The van der Waals surface area contributed by atoms with E-state index in [2.05, 4.69) is 10.1 Å². The summed E-state index contributed by atoms with van der Waals surface area (Å²) in [6, 6.07) is 8.38. The van der Waals surface area contributed by atoms with E-state index in [-0.39, 0.29) is 16.9 Å². The number of halogens is 4. The van der Waals surface area contributed by atoms with Gasteiger partial charge < -0.3 is 9.15 Å². The van der Waals surface area contributed by atoms with Gasteiger partial charge in [-0.2, -0.15) is 18.3 Å². The van der Waals surface area contributed by atoms with Gasteiger partial charge in [0.2, 0.25) is 0 Å². The van der Waals surface area contributed by atoms with Gasteiger partial charge in [0, 0.05) is 23.4 Å². The van der Waals surface area contributed by atoms with Crippen molar-refractivity contribution in [1.82, 2.24) is 14.8 Å². The largest absolute Gasteiger partial charge is 0.496 e. The number of benzene rings is 2. The van der Waals surface area contributed by atoms with Crippen LogP contribution >= 0.6 is 0 Å².